The van der Waals surface area contributed by atoms with E-state index in [2.05, 4.69) is 17.6 Å². The Kier molecular flexibility index (Phi) is 6.68. The number of carbonyl (C=O) groups is 1. The molecule has 0 fully saturated rings. The molecule has 0 saturated heterocycles. The first-order valence-electron chi connectivity index (χ1n) is 7.58. The zero-order chi connectivity index (χ0) is 16.8. The molecule has 0 aliphatic rings. The zero-order valence-corrected chi connectivity index (χ0v) is 14.4. The van der Waals surface area contributed by atoms with Crippen LogP contribution in [-0.4, -0.2) is 31.4 Å². The number of methoxy groups -OCH3 is 1. The highest BCUT2D eigenvalue weighted by atomic mass is 16.6. The number of nitrogens with one attached hydrogen (secondary N) is 2. The van der Waals surface area contributed by atoms with Gasteiger partial charge in [-0.3, -0.25) is 0 Å². The minimum atomic E-state index is -0.478. The second kappa shape index (κ2) is 8.03. The van der Waals surface area contributed by atoms with Gasteiger partial charge in [-0.05, 0) is 52.3 Å². The summed E-state index contributed by atoms with van der Waals surface area (Å²) in [7, 11) is 1.66. The summed E-state index contributed by atoms with van der Waals surface area (Å²) in [5.41, 5.74) is 0.665. The molecule has 0 aliphatic carbocycles. The van der Waals surface area contributed by atoms with Gasteiger partial charge in [0, 0.05) is 18.6 Å². The van der Waals surface area contributed by atoms with Crippen LogP contribution in [0.25, 0.3) is 0 Å². The lowest BCUT2D eigenvalue weighted by atomic mass is 10.1. The monoisotopic (exact) mass is 308 g/mol. The van der Waals surface area contributed by atoms with Crippen molar-refractivity contribution in [1.82, 2.24) is 10.6 Å². The van der Waals surface area contributed by atoms with Crippen LogP contribution < -0.4 is 15.4 Å². The van der Waals surface area contributed by atoms with E-state index in [9.17, 15) is 4.79 Å². The molecule has 5 heteroatoms. The molecule has 0 bridgehead atoms. The molecule has 2 atom stereocenters. The van der Waals surface area contributed by atoms with E-state index in [-0.39, 0.29) is 12.1 Å². The standard InChI is InChI=1S/C17H28N2O3/c1-12(11-18-16(20)22-17(3,4)5)19-13(2)14-8-7-9-15(10-14)21-6/h7-10,12-13,19H,11H2,1-6H3,(H,18,20)/t12?,13-/m0/s1. The molecule has 2 N–H and O–H groups in total. The van der Waals surface area contributed by atoms with Crippen LogP contribution in [0.15, 0.2) is 24.3 Å². The molecule has 0 aromatic heterocycles. The molecule has 1 aromatic carbocycles. The first-order chi connectivity index (χ1) is 10.2. The average molecular weight is 308 g/mol. The van der Waals surface area contributed by atoms with Crippen LogP contribution in [0.1, 0.15) is 46.2 Å². The average Bonchev–Trinajstić information content (AvgIpc) is 2.43. The van der Waals surface area contributed by atoms with Crippen LogP contribution in [0.3, 0.4) is 0 Å². The maximum atomic E-state index is 11.6. The van der Waals surface area contributed by atoms with Crippen LogP contribution >= 0.6 is 0 Å². The van der Waals surface area contributed by atoms with Crippen LogP contribution in [0.5, 0.6) is 5.75 Å². The summed E-state index contributed by atoms with van der Waals surface area (Å²) < 4.78 is 10.4. The lowest BCUT2D eigenvalue weighted by Crippen LogP contribution is -2.41. The largest absolute Gasteiger partial charge is 0.497 e. The molecule has 1 aromatic rings. The SMILES string of the molecule is COc1cccc([C@H](C)NC(C)CNC(=O)OC(C)(C)C)c1. The lowest BCUT2D eigenvalue weighted by molar-refractivity contribution is 0.0522. The van der Waals surface area contributed by atoms with Crippen molar-refractivity contribution >= 4 is 6.09 Å². The van der Waals surface area contributed by atoms with Gasteiger partial charge < -0.3 is 20.1 Å². The van der Waals surface area contributed by atoms with Gasteiger partial charge in [0.15, 0.2) is 0 Å². The van der Waals surface area contributed by atoms with E-state index in [0.717, 1.165) is 11.3 Å². The van der Waals surface area contributed by atoms with E-state index in [0.29, 0.717) is 6.54 Å². The number of benzene rings is 1. The van der Waals surface area contributed by atoms with Gasteiger partial charge in [0.1, 0.15) is 11.4 Å². The van der Waals surface area contributed by atoms with E-state index in [4.69, 9.17) is 9.47 Å². The van der Waals surface area contributed by atoms with Crippen molar-refractivity contribution in [3.05, 3.63) is 29.8 Å². The summed E-state index contributed by atoms with van der Waals surface area (Å²) in [5.74, 6) is 0.839. The Labute approximate surface area is 133 Å². The number of alkyl carbamates (subject to hydrolysis) is 1. The van der Waals surface area contributed by atoms with Crippen LogP contribution in [0.2, 0.25) is 0 Å². The first kappa shape index (κ1) is 18.3. The molecular formula is C17H28N2O3. The third-order valence-corrected chi connectivity index (χ3v) is 3.08. The first-order valence-corrected chi connectivity index (χ1v) is 7.58. The van der Waals surface area contributed by atoms with Gasteiger partial charge in [-0.2, -0.15) is 0 Å². The number of rotatable bonds is 6. The van der Waals surface area contributed by atoms with Gasteiger partial charge in [-0.25, -0.2) is 4.79 Å². The molecule has 22 heavy (non-hydrogen) atoms. The predicted molar refractivity (Wildman–Crippen MR) is 88.2 cm³/mol. The molecule has 1 unspecified atom stereocenters. The molecular weight excluding hydrogens is 280 g/mol. The van der Waals surface area contributed by atoms with Crippen molar-refractivity contribution < 1.29 is 14.3 Å². The number of carbonyl (C=O) groups excluding carboxylic acids is 1. The fourth-order valence-electron chi connectivity index (χ4n) is 2.04. The number of ether oxygens (including phenoxy) is 2. The van der Waals surface area contributed by atoms with Crippen LogP contribution in [0, 0.1) is 0 Å². The predicted octanol–water partition coefficient (Wildman–Crippen LogP) is 3.26. The maximum absolute atomic E-state index is 11.6. The van der Waals surface area contributed by atoms with E-state index in [1.807, 2.05) is 52.0 Å². The third-order valence-electron chi connectivity index (χ3n) is 3.08. The summed E-state index contributed by atoms with van der Waals surface area (Å²) in [6, 6.07) is 8.22. The van der Waals surface area contributed by atoms with Crippen molar-refractivity contribution in [3.63, 3.8) is 0 Å². The fourth-order valence-corrected chi connectivity index (χ4v) is 2.04. The van der Waals surface area contributed by atoms with Gasteiger partial charge in [-0.15, -0.1) is 0 Å². The minimum absolute atomic E-state index is 0.119. The Hall–Kier alpha value is -1.75. The Morgan fingerprint density at radius 2 is 1.95 bits per heavy atom. The molecule has 124 valence electrons. The van der Waals surface area contributed by atoms with Crippen molar-refractivity contribution in [2.75, 3.05) is 13.7 Å². The zero-order valence-electron chi connectivity index (χ0n) is 14.4. The summed E-state index contributed by atoms with van der Waals surface area (Å²) in [4.78, 5) is 11.6. The van der Waals surface area contributed by atoms with Crippen molar-refractivity contribution in [1.29, 1.82) is 0 Å². The van der Waals surface area contributed by atoms with Gasteiger partial charge >= 0.3 is 6.09 Å². The van der Waals surface area contributed by atoms with E-state index < -0.39 is 11.7 Å². The maximum Gasteiger partial charge on any atom is 0.407 e. The Morgan fingerprint density at radius 3 is 2.55 bits per heavy atom. The van der Waals surface area contributed by atoms with E-state index >= 15 is 0 Å². The molecule has 5 nitrogen and oxygen atoms in total. The van der Waals surface area contributed by atoms with Gasteiger partial charge in [0.2, 0.25) is 0 Å². The van der Waals surface area contributed by atoms with E-state index in [1.165, 1.54) is 0 Å². The lowest BCUT2D eigenvalue weighted by Gasteiger charge is -2.23. The molecule has 0 spiro atoms. The van der Waals surface area contributed by atoms with Crippen molar-refractivity contribution in [3.8, 4) is 5.75 Å². The summed E-state index contributed by atoms with van der Waals surface area (Å²) in [6.45, 7) is 10.1. The highest BCUT2D eigenvalue weighted by Gasteiger charge is 2.17. The molecule has 1 rings (SSSR count). The van der Waals surface area contributed by atoms with Gasteiger partial charge in [0.25, 0.3) is 0 Å². The highest BCUT2D eigenvalue weighted by molar-refractivity contribution is 5.67. The highest BCUT2D eigenvalue weighted by Crippen LogP contribution is 2.19. The quantitative estimate of drug-likeness (QED) is 0.847. The third kappa shape index (κ3) is 6.80. The van der Waals surface area contributed by atoms with E-state index in [1.54, 1.807) is 7.11 Å². The molecule has 1 amide bonds. The topological polar surface area (TPSA) is 59.6 Å². The smallest absolute Gasteiger partial charge is 0.407 e. The molecule has 0 heterocycles. The van der Waals surface area contributed by atoms with Crippen molar-refractivity contribution in [2.45, 2.75) is 52.3 Å². The summed E-state index contributed by atoms with van der Waals surface area (Å²) in [5, 5.41) is 6.21. The Morgan fingerprint density at radius 1 is 1.27 bits per heavy atom. The number of amides is 1. The number of hydrogen-bond acceptors (Lipinski definition) is 4. The summed E-state index contributed by atoms with van der Waals surface area (Å²) in [6.07, 6.45) is -0.393. The minimum Gasteiger partial charge on any atom is -0.497 e. The van der Waals surface area contributed by atoms with Crippen LogP contribution in [0.4, 0.5) is 4.79 Å². The normalized spacial score (nSPS) is 14.1. The fraction of sp³-hybridized carbons (Fsp3) is 0.588. The van der Waals surface area contributed by atoms with Crippen LogP contribution in [-0.2, 0) is 4.74 Å². The summed E-state index contributed by atoms with van der Waals surface area (Å²) >= 11 is 0. The van der Waals surface area contributed by atoms with Gasteiger partial charge in [0.05, 0.1) is 7.11 Å². The molecule has 0 aliphatic heterocycles. The molecule has 0 saturated carbocycles. The second-order valence-electron chi connectivity index (χ2n) is 6.45. The Balaban J connectivity index is 2.44. The second-order valence-corrected chi connectivity index (χ2v) is 6.45. The number of hydrogen-bond donors (Lipinski definition) is 2. The van der Waals surface area contributed by atoms with Gasteiger partial charge in [-0.1, -0.05) is 12.1 Å². The van der Waals surface area contributed by atoms with Crippen molar-refractivity contribution in [2.24, 2.45) is 0 Å². The molecule has 0 radical (unpaired) electrons. The Bertz CT molecular complexity index is 483.